The number of benzene rings is 2. The molecule has 5 nitrogen and oxygen atoms in total. The first-order chi connectivity index (χ1) is 16.1. The SMILES string of the molecule is Cc1ccccc1Nc1nc(-c2cc(C(=O)N3CCCC3)c(C)n2Cc2ccccc2)cs1. The van der Waals surface area contributed by atoms with E-state index in [2.05, 4.69) is 65.5 Å². The van der Waals surface area contributed by atoms with Crippen molar-refractivity contribution in [3.05, 3.63) is 88.4 Å². The van der Waals surface area contributed by atoms with Crippen molar-refractivity contribution in [1.82, 2.24) is 14.5 Å². The van der Waals surface area contributed by atoms with E-state index in [4.69, 9.17) is 4.98 Å². The van der Waals surface area contributed by atoms with E-state index in [0.717, 1.165) is 59.4 Å². The Morgan fingerprint density at radius 2 is 1.76 bits per heavy atom. The van der Waals surface area contributed by atoms with E-state index in [9.17, 15) is 4.79 Å². The van der Waals surface area contributed by atoms with E-state index in [1.807, 2.05) is 29.2 Å². The number of nitrogens with one attached hydrogen (secondary N) is 1. The van der Waals surface area contributed by atoms with Crippen molar-refractivity contribution < 1.29 is 4.79 Å². The van der Waals surface area contributed by atoms with Crippen LogP contribution in [0, 0.1) is 13.8 Å². The van der Waals surface area contributed by atoms with Crippen molar-refractivity contribution in [2.45, 2.75) is 33.2 Å². The number of rotatable bonds is 6. The number of likely N-dealkylation sites (tertiary alicyclic amines) is 1. The molecule has 1 N–H and O–H groups in total. The van der Waals surface area contributed by atoms with Crippen molar-refractivity contribution in [3.8, 4) is 11.4 Å². The van der Waals surface area contributed by atoms with Crippen LogP contribution in [0.4, 0.5) is 10.8 Å². The van der Waals surface area contributed by atoms with Gasteiger partial charge < -0.3 is 14.8 Å². The molecule has 0 atom stereocenters. The largest absolute Gasteiger partial charge is 0.339 e. The number of anilines is 2. The lowest BCUT2D eigenvalue weighted by molar-refractivity contribution is 0.0792. The minimum absolute atomic E-state index is 0.131. The number of hydrogen-bond donors (Lipinski definition) is 1. The Labute approximate surface area is 198 Å². The fourth-order valence-electron chi connectivity index (χ4n) is 4.41. The number of carbonyl (C=O) groups excluding carboxylic acids is 1. The van der Waals surface area contributed by atoms with Crippen molar-refractivity contribution in [3.63, 3.8) is 0 Å². The maximum absolute atomic E-state index is 13.3. The molecule has 1 saturated heterocycles. The van der Waals surface area contributed by atoms with E-state index in [0.29, 0.717) is 6.54 Å². The average Bonchev–Trinajstić information content (AvgIpc) is 3.58. The molecule has 1 aliphatic heterocycles. The van der Waals surface area contributed by atoms with Crippen LogP contribution in [0.15, 0.2) is 66.0 Å². The molecular formula is C27H28N4OS. The van der Waals surface area contributed by atoms with Crippen LogP contribution in [0.25, 0.3) is 11.4 Å². The number of nitrogens with zero attached hydrogens (tertiary/aromatic N) is 3. The molecule has 33 heavy (non-hydrogen) atoms. The third-order valence-corrected chi connectivity index (χ3v) is 7.08. The molecule has 6 heteroatoms. The van der Waals surface area contributed by atoms with Crippen molar-refractivity contribution in [2.75, 3.05) is 18.4 Å². The van der Waals surface area contributed by atoms with Gasteiger partial charge >= 0.3 is 0 Å². The highest BCUT2D eigenvalue weighted by molar-refractivity contribution is 7.14. The minimum atomic E-state index is 0.131. The summed E-state index contributed by atoms with van der Waals surface area (Å²) in [7, 11) is 0. The first kappa shape index (κ1) is 21.5. The number of aryl methyl sites for hydroxylation is 1. The van der Waals surface area contributed by atoms with Gasteiger partial charge in [0.05, 0.1) is 17.0 Å². The van der Waals surface area contributed by atoms with Crippen molar-refractivity contribution in [2.24, 2.45) is 0 Å². The molecule has 1 fully saturated rings. The summed E-state index contributed by atoms with van der Waals surface area (Å²) >= 11 is 1.58. The molecule has 0 saturated carbocycles. The molecule has 0 bridgehead atoms. The zero-order valence-corrected chi connectivity index (χ0v) is 19.9. The molecule has 2 aromatic carbocycles. The Bertz CT molecular complexity index is 1270. The number of aromatic nitrogens is 2. The quantitative estimate of drug-likeness (QED) is 0.373. The summed E-state index contributed by atoms with van der Waals surface area (Å²) in [6, 6.07) is 20.6. The zero-order valence-electron chi connectivity index (χ0n) is 19.0. The fraction of sp³-hybridized carbons (Fsp3) is 0.259. The first-order valence-corrected chi connectivity index (χ1v) is 12.3. The molecule has 0 aliphatic carbocycles. The Kier molecular flexibility index (Phi) is 6.01. The van der Waals surface area contributed by atoms with Gasteiger partial charge in [-0.05, 0) is 49.9 Å². The highest BCUT2D eigenvalue weighted by atomic mass is 32.1. The molecule has 1 amide bonds. The number of amides is 1. The molecule has 168 valence electrons. The second kappa shape index (κ2) is 9.24. The summed E-state index contributed by atoms with van der Waals surface area (Å²) in [6.45, 7) is 6.53. The Morgan fingerprint density at radius 3 is 2.52 bits per heavy atom. The van der Waals surface area contributed by atoms with Gasteiger partial charge in [-0.25, -0.2) is 4.98 Å². The summed E-state index contributed by atoms with van der Waals surface area (Å²) in [5, 5.41) is 6.36. The van der Waals surface area contributed by atoms with Gasteiger partial charge in [0.1, 0.15) is 0 Å². The topological polar surface area (TPSA) is 50.2 Å². The number of para-hydroxylation sites is 1. The van der Waals surface area contributed by atoms with Crippen LogP contribution in [0.1, 0.15) is 40.0 Å². The highest BCUT2D eigenvalue weighted by Crippen LogP contribution is 2.32. The normalized spacial score (nSPS) is 13.5. The summed E-state index contributed by atoms with van der Waals surface area (Å²) in [6.07, 6.45) is 2.17. The molecule has 0 spiro atoms. The highest BCUT2D eigenvalue weighted by Gasteiger charge is 2.25. The fourth-order valence-corrected chi connectivity index (χ4v) is 5.13. The summed E-state index contributed by atoms with van der Waals surface area (Å²) in [4.78, 5) is 20.2. The van der Waals surface area contributed by atoms with Crippen molar-refractivity contribution >= 4 is 28.1 Å². The predicted octanol–water partition coefficient (Wildman–Crippen LogP) is 6.26. The van der Waals surface area contributed by atoms with Crippen LogP contribution in [0.2, 0.25) is 0 Å². The number of hydrogen-bond acceptors (Lipinski definition) is 4. The van der Waals surface area contributed by atoms with Crippen LogP contribution < -0.4 is 5.32 Å². The van der Waals surface area contributed by atoms with E-state index >= 15 is 0 Å². The Hall–Kier alpha value is -3.38. The van der Waals surface area contributed by atoms with E-state index in [1.165, 1.54) is 11.1 Å². The van der Waals surface area contributed by atoms with Gasteiger partial charge in [-0.2, -0.15) is 0 Å². The summed E-state index contributed by atoms with van der Waals surface area (Å²) < 4.78 is 2.23. The molecule has 5 rings (SSSR count). The third kappa shape index (κ3) is 4.44. The van der Waals surface area contributed by atoms with Gasteiger partial charge in [-0.1, -0.05) is 48.5 Å². The molecule has 3 heterocycles. The monoisotopic (exact) mass is 456 g/mol. The lowest BCUT2D eigenvalue weighted by Gasteiger charge is -2.15. The van der Waals surface area contributed by atoms with Gasteiger partial charge in [0.2, 0.25) is 0 Å². The minimum Gasteiger partial charge on any atom is -0.339 e. The maximum atomic E-state index is 13.3. The molecule has 4 aromatic rings. The van der Waals surface area contributed by atoms with Crippen LogP contribution in [-0.4, -0.2) is 33.4 Å². The zero-order chi connectivity index (χ0) is 22.8. The molecular weight excluding hydrogens is 428 g/mol. The Balaban J connectivity index is 1.51. The van der Waals surface area contributed by atoms with Gasteiger partial charge in [0.25, 0.3) is 5.91 Å². The lowest BCUT2D eigenvalue weighted by atomic mass is 10.2. The maximum Gasteiger partial charge on any atom is 0.255 e. The smallest absolute Gasteiger partial charge is 0.255 e. The second-order valence-corrected chi connectivity index (χ2v) is 9.44. The van der Waals surface area contributed by atoms with Crippen LogP contribution in [-0.2, 0) is 6.54 Å². The standard InChI is InChI=1S/C27H28N4OS/c1-19-10-6-7-13-23(19)28-27-29-24(18-33-27)25-16-22(26(32)30-14-8-9-15-30)20(2)31(25)17-21-11-4-3-5-12-21/h3-7,10-13,16,18H,8-9,14-15,17H2,1-2H3,(H,28,29). The molecule has 0 radical (unpaired) electrons. The first-order valence-electron chi connectivity index (χ1n) is 11.4. The lowest BCUT2D eigenvalue weighted by Crippen LogP contribution is -2.28. The van der Waals surface area contributed by atoms with Crippen LogP contribution >= 0.6 is 11.3 Å². The summed E-state index contributed by atoms with van der Waals surface area (Å²) in [5.74, 6) is 0.131. The average molecular weight is 457 g/mol. The van der Waals surface area contributed by atoms with Crippen LogP contribution in [0.5, 0.6) is 0 Å². The van der Waals surface area contributed by atoms with E-state index in [1.54, 1.807) is 11.3 Å². The van der Waals surface area contributed by atoms with E-state index < -0.39 is 0 Å². The van der Waals surface area contributed by atoms with Gasteiger partial charge in [0.15, 0.2) is 5.13 Å². The number of carbonyl (C=O) groups is 1. The van der Waals surface area contributed by atoms with Crippen LogP contribution in [0.3, 0.4) is 0 Å². The number of thiazole rings is 1. The van der Waals surface area contributed by atoms with Gasteiger partial charge in [0, 0.05) is 36.4 Å². The second-order valence-electron chi connectivity index (χ2n) is 8.58. The predicted molar refractivity (Wildman–Crippen MR) is 135 cm³/mol. The van der Waals surface area contributed by atoms with Gasteiger partial charge in [-0.3, -0.25) is 4.79 Å². The Morgan fingerprint density at radius 1 is 1.03 bits per heavy atom. The van der Waals surface area contributed by atoms with Gasteiger partial charge in [-0.15, -0.1) is 11.3 Å². The molecule has 1 aliphatic rings. The third-order valence-electron chi connectivity index (χ3n) is 6.33. The van der Waals surface area contributed by atoms with Crippen molar-refractivity contribution in [1.29, 1.82) is 0 Å². The molecule has 0 unspecified atom stereocenters. The summed E-state index contributed by atoms with van der Waals surface area (Å²) in [5.41, 5.74) is 7.07. The van der Waals surface area contributed by atoms with E-state index in [-0.39, 0.29) is 5.91 Å². The molecule has 2 aromatic heterocycles.